The zero-order valence-corrected chi connectivity index (χ0v) is 12.9. The molecule has 0 radical (unpaired) electrons. The molecule has 1 aromatic carbocycles. The highest BCUT2D eigenvalue weighted by Gasteiger charge is 2.06. The summed E-state index contributed by atoms with van der Waals surface area (Å²) in [5.74, 6) is -1.36. The monoisotopic (exact) mass is 315 g/mol. The van der Waals surface area contributed by atoms with Crippen LogP contribution in [-0.4, -0.2) is 37.1 Å². The van der Waals surface area contributed by atoms with E-state index in [4.69, 9.17) is 0 Å². The molecule has 0 spiro atoms. The molecule has 0 aliphatic heterocycles. The second-order valence-electron chi connectivity index (χ2n) is 4.52. The van der Waals surface area contributed by atoms with Gasteiger partial charge in [0.2, 0.25) is 0 Å². The highest BCUT2D eigenvalue weighted by molar-refractivity contribution is 6.08. The maximum Gasteiger partial charge on any atom is 0.330 e. The molecule has 0 aliphatic rings. The number of rotatable bonds is 7. The number of benzene rings is 1. The standard InChI is InChI=1S/C17H17NO5/c1-12(19)5-10-15(20)13-6-8-14(9-7-13)17(22)18-11-3-4-16(21)23-2/h3-10H,11H2,1-2H3,(H,18,22)/b4-3+,10-5-. The number of amides is 1. The number of hydrogen-bond acceptors (Lipinski definition) is 5. The van der Waals surface area contributed by atoms with Gasteiger partial charge in [0.1, 0.15) is 0 Å². The zero-order chi connectivity index (χ0) is 17.2. The lowest BCUT2D eigenvalue weighted by molar-refractivity contribution is -0.134. The van der Waals surface area contributed by atoms with Gasteiger partial charge >= 0.3 is 5.97 Å². The first-order valence-electron chi connectivity index (χ1n) is 6.79. The van der Waals surface area contributed by atoms with Crippen molar-refractivity contribution in [3.8, 4) is 0 Å². The number of nitrogens with one attached hydrogen (secondary N) is 1. The summed E-state index contributed by atoms with van der Waals surface area (Å²) in [5.41, 5.74) is 0.758. The summed E-state index contributed by atoms with van der Waals surface area (Å²) in [6.45, 7) is 1.53. The smallest absolute Gasteiger partial charge is 0.330 e. The maximum absolute atomic E-state index is 11.9. The molecule has 1 N–H and O–H groups in total. The predicted molar refractivity (Wildman–Crippen MR) is 84.1 cm³/mol. The molecule has 1 aromatic rings. The van der Waals surface area contributed by atoms with Gasteiger partial charge in [0.25, 0.3) is 5.91 Å². The van der Waals surface area contributed by atoms with Crippen molar-refractivity contribution >= 4 is 23.4 Å². The van der Waals surface area contributed by atoms with Gasteiger partial charge in [-0.3, -0.25) is 14.4 Å². The molecule has 0 unspecified atom stereocenters. The van der Waals surface area contributed by atoms with E-state index in [0.29, 0.717) is 11.1 Å². The molecule has 0 atom stereocenters. The molecular weight excluding hydrogens is 298 g/mol. The third-order valence-corrected chi connectivity index (χ3v) is 2.74. The van der Waals surface area contributed by atoms with Crippen LogP contribution in [0.25, 0.3) is 0 Å². The molecule has 0 heterocycles. The van der Waals surface area contributed by atoms with Crippen LogP contribution in [0.3, 0.4) is 0 Å². The van der Waals surface area contributed by atoms with Gasteiger partial charge in [-0.1, -0.05) is 18.2 Å². The van der Waals surface area contributed by atoms with Crippen LogP contribution in [0.15, 0.2) is 48.6 Å². The van der Waals surface area contributed by atoms with Crippen molar-refractivity contribution in [1.82, 2.24) is 5.32 Å². The summed E-state index contributed by atoms with van der Waals surface area (Å²) in [4.78, 5) is 45.2. The Morgan fingerprint density at radius 2 is 1.61 bits per heavy atom. The number of ether oxygens (including phenoxy) is 1. The van der Waals surface area contributed by atoms with Crippen molar-refractivity contribution in [1.29, 1.82) is 0 Å². The van der Waals surface area contributed by atoms with E-state index < -0.39 is 5.97 Å². The molecule has 0 fully saturated rings. The Hall–Kier alpha value is -3.02. The van der Waals surface area contributed by atoms with Crippen molar-refractivity contribution in [2.24, 2.45) is 0 Å². The molecule has 0 bridgehead atoms. The van der Waals surface area contributed by atoms with Crippen LogP contribution in [0.4, 0.5) is 0 Å². The minimum Gasteiger partial charge on any atom is -0.466 e. The van der Waals surface area contributed by atoms with Gasteiger partial charge in [-0.25, -0.2) is 4.79 Å². The minimum absolute atomic E-state index is 0.177. The van der Waals surface area contributed by atoms with Gasteiger partial charge in [0, 0.05) is 23.7 Å². The van der Waals surface area contributed by atoms with E-state index in [1.807, 2.05) is 0 Å². The maximum atomic E-state index is 11.9. The number of carbonyl (C=O) groups excluding carboxylic acids is 4. The van der Waals surface area contributed by atoms with Gasteiger partial charge < -0.3 is 10.1 Å². The van der Waals surface area contributed by atoms with Crippen LogP contribution in [0.5, 0.6) is 0 Å². The van der Waals surface area contributed by atoms with Crippen molar-refractivity contribution in [3.63, 3.8) is 0 Å². The Bertz CT molecular complexity index is 656. The topological polar surface area (TPSA) is 89.5 Å². The van der Waals surface area contributed by atoms with E-state index in [1.54, 1.807) is 0 Å². The summed E-state index contributed by atoms with van der Waals surface area (Å²) in [5, 5.41) is 2.59. The Kier molecular flexibility index (Phi) is 7.13. The Balaban J connectivity index is 2.60. The largest absolute Gasteiger partial charge is 0.466 e. The summed E-state index contributed by atoms with van der Waals surface area (Å²) < 4.78 is 4.42. The average molecular weight is 315 g/mol. The third kappa shape index (κ3) is 6.52. The first-order chi connectivity index (χ1) is 10.9. The lowest BCUT2D eigenvalue weighted by Gasteiger charge is -2.03. The summed E-state index contributed by atoms with van der Waals surface area (Å²) >= 11 is 0. The number of methoxy groups -OCH3 is 1. The minimum atomic E-state index is -0.499. The van der Waals surface area contributed by atoms with Crippen LogP contribution in [-0.2, 0) is 14.3 Å². The van der Waals surface area contributed by atoms with E-state index in [0.717, 1.165) is 0 Å². The average Bonchev–Trinajstić information content (AvgIpc) is 2.56. The number of esters is 1. The van der Waals surface area contributed by atoms with E-state index >= 15 is 0 Å². The molecule has 1 rings (SSSR count). The first-order valence-corrected chi connectivity index (χ1v) is 6.79. The molecule has 0 aliphatic carbocycles. The van der Waals surface area contributed by atoms with Crippen LogP contribution in [0.2, 0.25) is 0 Å². The van der Waals surface area contributed by atoms with E-state index in [1.165, 1.54) is 62.6 Å². The number of carbonyl (C=O) groups is 4. The van der Waals surface area contributed by atoms with Crippen LogP contribution in [0, 0.1) is 0 Å². The lowest BCUT2D eigenvalue weighted by atomic mass is 10.1. The molecule has 0 saturated carbocycles. The lowest BCUT2D eigenvalue weighted by Crippen LogP contribution is -2.23. The Morgan fingerprint density at radius 1 is 1.00 bits per heavy atom. The van der Waals surface area contributed by atoms with Gasteiger partial charge in [0.15, 0.2) is 11.6 Å². The normalized spacial score (nSPS) is 10.7. The molecule has 1 amide bonds. The van der Waals surface area contributed by atoms with E-state index in [2.05, 4.69) is 10.1 Å². The second kappa shape index (κ2) is 9.09. The second-order valence-corrected chi connectivity index (χ2v) is 4.52. The first kappa shape index (κ1) is 18.0. The van der Waals surface area contributed by atoms with Crippen molar-refractivity contribution < 1.29 is 23.9 Å². The highest BCUT2D eigenvalue weighted by Crippen LogP contribution is 2.06. The summed E-state index contributed by atoms with van der Waals surface area (Å²) in [6.07, 6.45) is 5.06. The Labute approximate surface area is 133 Å². The van der Waals surface area contributed by atoms with Gasteiger partial charge in [-0.05, 0) is 31.2 Å². The van der Waals surface area contributed by atoms with Crippen LogP contribution in [0.1, 0.15) is 27.6 Å². The van der Waals surface area contributed by atoms with Crippen molar-refractivity contribution in [3.05, 3.63) is 59.7 Å². The molecule has 0 aromatic heterocycles. The number of allylic oxidation sites excluding steroid dienone is 2. The molecule has 0 saturated heterocycles. The fourth-order valence-electron chi connectivity index (χ4n) is 1.55. The third-order valence-electron chi connectivity index (χ3n) is 2.74. The fraction of sp³-hybridized carbons (Fsp3) is 0.176. The molecule has 120 valence electrons. The van der Waals surface area contributed by atoms with Gasteiger partial charge in [-0.15, -0.1) is 0 Å². The molecule has 23 heavy (non-hydrogen) atoms. The molecule has 6 heteroatoms. The Morgan fingerprint density at radius 3 is 2.17 bits per heavy atom. The van der Waals surface area contributed by atoms with Crippen LogP contribution < -0.4 is 5.32 Å². The molecule has 6 nitrogen and oxygen atoms in total. The summed E-state index contributed by atoms with van der Waals surface area (Å²) in [7, 11) is 1.26. The molecular formula is C17H17NO5. The highest BCUT2D eigenvalue weighted by atomic mass is 16.5. The fourth-order valence-corrected chi connectivity index (χ4v) is 1.55. The SMILES string of the molecule is COC(=O)/C=C/CNC(=O)c1ccc(C(=O)/C=C\C(C)=O)cc1. The number of ketones is 2. The quantitative estimate of drug-likeness (QED) is 0.467. The predicted octanol–water partition coefficient (Wildman–Crippen LogP) is 1.47. The van der Waals surface area contributed by atoms with Gasteiger partial charge in [0.05, 0.1) is 7.11 Å². The van der Waals surface area contributed by atoms with E-state index in [-0.39, 0.29) is 24.0 Å². The van der Waals surface area contributed by atoms with Gasteiger partial charge in [-0.2, -0.15) is 0 Å². The van der Waals surface area contributed by atoms with Crippen molar-refractivity contribution in [2.75, 3.05) is 13.7 Å². The zero-order valence-electron chi connectivity index (χ0n) is 12.9. The number of hydrogen-bond donors (Lipinski definition) is 1. The van der Waals surface area contributed by atoms with E-state index in [9.17, 15) is 19.2 Å². The summed E-state index contributed by atoms with van der Waals surface area (Å²) in [6, 6.07) is 6.03. The van der Waals surface area contributed by atoms with Crippen molar-refractivity contribution in [2.45, 2.75) is 6.92 Å². The van der Waals surface area contributed by atoms with Crippen LogP contribution >= 0.6 is 0 Å².